The highest BCUT2D eigenvalue weighted by atomic mass is 35.5. The average molecular weight is 296 g/mol. The van der Waals surface area contributed by atoms with Crippen molar-refractivity contribution in [3.05, 3.63) is 29.8 Å². The van der Waals surface area contributed by atoms with Crippen LogP contribution in [0.3, 0.4) is 0 Å². The first kappa shape index (κ1) is 17.1. The number of nitrogens with two attached hydrogens (primary N) is 1. The van der Waals surface area contributed by atoms with Gasteiger partial charge in [-0.15, -0.1) is 24.8 Å². The van der Waals surface area contributed by atoms with Gasteiger partial charge in [0.1, 0.15) is 5.82 Å². The molecule has 1 aliphatic heterocycles. The van der Waals surface area contributed by atoms with Gasteiger partial charge in [-0.3, -0.25) is 9.78 Å². The highest BCUT2D eigenvalue weighted by molar-refractivity contribution is 5.94. The summed E-state index contributed by atoms with van der Waals surface area (Å²) in [7, 11) is 0. The number of carbonyl (C=O) groups is 1. The molecule has 1 aromatic heterocycles. The molecule has 0 radical (unpaired) electrons. The summed E-state index contributed by atoms with van der Waals surface area (Å²) < 4.78 is 12.9. The Labute approximate surface area is 118 Å². The van der Waals surface area contributed by atoms with Crippen molar-refractivity contribution in [2.45, 2.75) is 18.9 Å². The Morgan fingerprint density at radius 2 is 2.17 bits per heavy atom. The van der Waals surface area contributed by atoms with E-state index in [0.29, 0.717) is 13.1 Å². The smallest absolute Gasteiger partial charge is 0.255 e. The maximum Gasteiger partial charge on any atom is 0.255 e. The molecule has 7 heteroatoms. The Bertz CT molecular complexity index is 406. The average Bonchev–Trinajstić information content (AvgIpc) is 2.28. The molecule has 0 spiro atoms. The number of piperidine rings is 1. The van der Waals surface area contributed by atoms with Gasteiger partial charge in [-0.2, -0.15) is 0 Å². The lowest BCUT2D eigenvalue weighted by molar-refractivity contribution is 0.0708. The minimum atomic E-state index is -0.493. The van der Waals surface area contributed by atoms with Crippen molar-refractivity contribution < 1.29 is 9.18 Å². The highest BCUT2D eigenvalue weighted by Crippen LogP contribution is 2.12. The molecular formula is C11H16Cl2FN3O. The van der Waals surface area contributed by atoms with Crippen LogP contribution in [-0.2, 0) is 0 Å². The molecule has 1 aliphatic rings. The number of hydrogen-bond donors (Lipinski definition) is 1. The van der Waals surface area contributed by atoms with Gasteiger partial charge in [0.2, 0.25) is 0 Å². The molecule has 1 aromatic rings. The summed E-state index contributed by atoms with van der Waals surface area (Å²) in [5.41, 5.74) is 6.07. The fraction of sp³-hybridized carbons (Fsp3) is 0.455. The summed E-state index contributed by atoms with van der Waals surface area (Å²) in [6.07, 6.45) is 4.30. The van der Waals surface area contributed by atoms with E-state index in [1.807, 2.05) is 0 Å². The number of halogens is 3. The first-order valence-electron chi connectivity index (χ1n) is 5.32. The highest BCUT2D eigenvalue weighted by Gasteiger charge is 2.22. The van der Waals surface area contributed by atoms with Gasteiger partial charge in [0.05, 0.1) is 11.8 Å². The molecule has 4 nitrogen and oxygen atoms in total. The molecule has 1 atom stereocenters. The van der Waals surface area contributed by atoms with Crippen LogP contribution in [-0.4, -0.2) is 34.9 Å². The van der Waals surface area contributed by atoms with Crippen LogP contribution in [0.4, 0.5) is 4.39 Å². The third kappa shape index (κ3) is 4.08. The number of pyridine rings is 1. The Hall–Kier alpha value is -0.910. The first-order valence-corrected chi connectivity index (χ1v) is 5.32. The molecule has 1 saturated heterocycles. The van der Waals surface area contributed by atoms with Crippen molar-refractivity contribution in [2.24, 2.45) is 5.73 Å². The van der Waals surface area contributed by atoms with Crippen LogP contribution in [0, 0.1) is 5.82 Å². The summed E-state index contributed by atoms with van der Waals surface area (Å²) >= 11 is 0. The predicted molar refractivity (Wildman–Crippen MR) is 71.8 cm³/mol. The summed E-state index contributed by atoms with van der Waals surface area (Å²) in [4.78, 5) is 17.3. The fourth-order valence-electron chi connectivity index (χ4n) is 1.91. The largest absolute Gasteiger partial charge is 0.337 e. The SMILES string of the molecule is Cl.Cl.NC1CCCN(C(=O)c2cncc(F)c2)C1. The van der Waals surface area contributed by atoms with Crippen molar-refractivity contribution in [1.29, 1.82) is 0 Å². The van der Waals surface area contributed by atoms with Crippen molar-refractivity contribution in [2.75, 3.05) is 13.1 Å². The van der Waals surface area contributed by atoms with Crippen molar-refractivity contribution in [1.82, 2.24) is 9.88 Å². The number of hydrogen-bond acceptors (Lipinski definition) is 3. The Kier molecular flexibility index (Phi) is 7.13. The molecule has 0 bridgehead atoms. The van der Waals surface area contributed by atoms with E-state index < -0.39 is 5.82 Å². The molecule has 0 aliphatic carbocycles. The summed E-state index contributed by atoms with van der Waals surface area (Å²) in [5.74, 6) is -0.686. The topological polar surface area (TPSA) is 59.2 Å². The molecule has 18 heavy (non-hydrogen) atoms. The number of nitrogens with zero attached hydrogens (tertiary/aromatic N) is 2. The zero-order chi connectivity index (χ0) is 11.5. The van der Waals surface area contributed by atoms with E-state index in [9.17, 15) is 9.18 Å². The van der Waals surface area contributed by atoms with Gasteiger partial charge >= 0.3 is 0 Å². The van der Waals surface area contributed by atoms with E-state index in [0.717, 1.165) is 19.0 Å². The molecule has 102 valence electrons. The van der Waals surface area contributed by atoms with Crippen LogP contribution in [0.15, 0.2) is 18.5 Å². The molecule has 0 aromatic carbocycles. The van der Waals surface area contributed by atoms with Crippen molar-refractivity contribution >= 4 is 30.7 Å². The zero-order valence-electron chi connectivity index (χ0n) is 9.71. The molecule has 2 rings (SSSR count). The van der Waals surface area contributed by atoms with Crippen molar-refractivity contribution in [3.8, 4) is 0 Å². The van der Waals surface area contributed by atoms with E-state index >= 15 is 0 Å². The second-order valence-electron chi connectivity index (χ2n) is 4.05. The van der Waals surface area contributed by atoms with Crippen LogP contribution in [0.2, 0.25) is 0 Å². The standard InChI is InChI=1S/C11H14FN3O.2ClH/c12-9-4-8(5-14-6-9)11(16)15-3-1-2-10(13)7-15;;/h4-6,10H,1-3,7,13H2;2*1H. The predicted octanol–water partition coefficient (Wildman–Crippen LogP) is 1.63. The third-order valence-electron chi connectivity index (χ3n) is 2.70. The van der Waals surface area contributed by atoms with Gasteiger partial charge < -0.3 is 10.6 Å². The Morgan fingerprint density at radius 1 is 1.44 bits per heavy atom. The Balaban J connectivity index is 0.00000144. The molecule has 1 unspecified atom stereocenters. The number of carbonyl (C=O) groups excluding carboxylic acids is 1. The summed E-state index contributed by atoms with van der Waals surface area (Å²) in [5, 5.41) is 0. The van der Waals surface area contributed by atoms with E-state index in [-0.39, 0.29) is 42.3 Å². The number of likely N-dealkylation sites (tertiary alicyclic amines) is 1. The van der Waals surface area contributed by atoms with Gasteiger partial charge in [0.25, 0.3) is 5.91 Å². The van der Waals surface area contributed by atoms with E-state index in [1.54, 1.807) is 4.90 Å². The molecule has 0 saturated carbocycles. The maximum atomic E-state index is 12.9. The summed E-state index contributed by atoms with van der Waals surface area (Å²) in [6.45, 7) is 1.22. The summed E-state index contributed by atoms with van der Waals surface area (Å²) in [6, 6.07) is 1.23. The van der Waals surface area contributed by atoms with Gasteiger partial charge in [-0.1, -0.05) is 0 Å². The minimum absolute atomic E-state index is 0. The van der Waals surface area contributed by atoms with E-state index in [4.69, 9.17) is 5.73 Å². The lowest BCUT2D eigenvalue weighted by Crippen LogP contribution is -2.45. The number of amides is 1. The maximum absolute atomic E-state index is 12.9. The second-order valence-corrected chi connectivity index (χ2v) is 4.05. The van der Waals surface area contributed by atoms with Gasteiger partial charge in [0, 0.05) is 25.3 Å². The molecular weight excluding hydrogens is 280 g/mol. The van der Waals surface area contributed by atoms with Gasteiger partial charge in [-0.25, -0.2) is 4.39 Å². The normalized spacial score (nSPS) is 18.6. The fourth-order valence-corrected chi connectivity index (χ4v) is 1.91. The second kappa shape index (κ2) is 7.51. The molecule has 1 fully saturated rings. The lowest BCUT2D eigenvalue weighted by atomic mass is 10.1. The van der Waals surface area contributed by atoms with Crippen LogP contribution in [0.5, 0.6) is 0 Å². The molecule has 1 amide bonds. The van der Waals surface area contributed by atoms with Gasteiger partial charge in [0.15, 0.2) is 0 Å². The van der Waals surface area contributed by atoms with Crippen LogP contribution in [0.1, 0.15) is 23.2 Å². The van der Waals surface area contributed by atoms with Crippen LogP contribution in [0.25, 0.3) is 0 Å². The van der Waals surface area contributed by atoms with Crippen LogP contribution >= 0.6 is 24.8 Å². The van der Waals surface area contributed by atoms with Crippen LogP contribution < -0.4 is 5.73 Å². The monoisotopic (exact) mass is 295 g/mol. The van der Waals surface area contributed by atoms with Crippen molar-refractivity contribution in [3.63, 3.8) is 0 Å². The third-order valence-corrected chi connectivity index (χ3v) is 2.70. The quantitative estimate of drug-likeness (QED) is 0.857. The number of aromatic nitrogens is 1. The van der Waals surface area contributed by atoms with Gasteiger partial charge in [-0.05, 0) is 18.9 Å². The number of rotatable bonds is 1. The Morgan fingerprint density at radius 3 is 2.78 bits per heavy atom. The lowest BCUT2D eigenvalue weighted by Gasteiger charge is -2.30. The molecule has 2 N–H and O–H groups in total. The first-order chi connectivity index (χ1) is 7.66. The van der Waals surface area contributed by atoms with E-state index in [2.05, 4.69) is 4.98 Å². The zero-order valence-corrected chi connectivity index (χ0v) is 11.3. The minimum Gasteiger partial charge on any atom is -0.337 e. The molecule has 2 heterocycles. The van der Waals surface area contributed by atoms with E-state index in [1.165, 1.54) is 12.3 Å².